The van der Waals surface area contributed by atoms with E-state index in [1.165, 1.54) is 6.33 Å². The van der Waals surface area contributed by atoms with Crippen LogP contribution < -0.4 is 15.5 Å². The highest BCUT2D eigenvalue weighted by Crippen LogP contribution is 2.27. The number of piperazine rings is 1. The van der Waals surface area contributed by atoms with E-state index in [0.29, 0.717) is 49.5 Å². The van der Waals surface area contributed by atoms with Gasteiger partial charge in [0.2, 0.25) is 5.95 Å². The van der Waals surface area contributed by atoms with E-state index < -0.39 is 11.5 Å². The van der Waals surface area contributed by atoms with Crippen molar-refractivity contribution >= 4 is 29.5 Å². The van der Waals surface area contributed by atoms with Gasteiger partial charge in [0.05, 0.1) is 29.8 Å². The predicted molar refractivity (Wildman–Crippen MR) is 176 cm³/mol. The number of nitrogens with zero attached hydrogens (tertiary/aromatic N) is 8. The molecule has 4 aromatic rings. The number of ether oxygens (including phenoxy) is 1. The number of benzene rings is 1. The Morgan fingerprint density at radius 2 is 1.66 bits per heavy atom. The maximum absolute atomic E-state index is 12.8. The van der Waals surface area contributed by atoms with Gasteiger partial charge in [-0.2, -0.15) is 4.98 Å². The topological polar surface area (TPSA) is 164 Å². The van der Waals surface area contributed by atoms with Crippen LogP contribution in [0.4, 0.5) is 22.2 Å². The number of aryl methyl sites for hydroxylation is 1. The molecule has 1 saturated heterocycles. The molecular weight excluding hydrogens is 600 g/mol. The largest absolute Gasteiger partial charge is 0.444 e. The summed E-state index contributed by atoms with van der Waals surface area (Å²) >= 11 is 0. The van der Waals surface area contributed by atoms with Gasteiger partial charge in [-0.25, -0.2) is 24.7 Å². The summed E-state index contributed by atoms with van der Waals surface area (Å²) in [7, 11) is 0. The molecule has 1 aliphatic heterocycles. The SMILES string of the molecule is Cc1cc(-c2cc(Nc3ncc(N4CCN(C(=O)OC(C)(C)C)CC4)cn3)ncn2)ccc1[C@@H](C)NC(=O)c1nc(C(C)(C)C)no1. The van der Waals surface area contributed by atoms with Gasteiger partial charge >= 0.3 is 17.9 Å². The quantitative estimate of drug-likeness (QED) is 0.271. The van der Waals surface area contributed by atoms with Crippen LogP contribution in [0.3, 0.4) is 0 Å². The lowest BCUT2D eigenvalue weighted by Gasteiger charge is -2.36. The van der Waals surface area contributed by atoms with Crippen molar-refractivity contribution in [3.05, 3.63) is 65.8 Å². The first-order chi connectivity index (χ1) is 22.2. The summed E-state index contributed by atoms with van der Waals surface area (Å²) in [5, 5.41) is 10.0. The zero-order chi connectivity index (χ0) is 33.9. The monoisotopic (exact) mass is 642 g/mol. The summed E-state index contributed by atoms with van der Waals surface area (Å²) in [6.07, 6.45) is 4.70. The van der Waals surface area contributed by atoms with E-state index >= 15 is 0 Å². The summed E-state index contributed by atoms with van der Waals surface area (Å²) in [6, 6.07) is 7.47. The van der Waals surface area contributed by atoms with Crippen LogP contribution in [0.5, 0.6) is 0 Å². The van der Waals surface area contributed by atoms with Crippen molar-refractivity contribution in [2.45, 2.75) is 72.4 Å². The van der Waals surface area contributed by atoms with Crippen LogP contribution in [0.15, 0.2) is 47.5 Å². The van der Waals surface area contributed by atoms with Gasteiger partial charge in [0, 0.05) is 43.2 Å². The third-order valence-corrected chi connectivity index (χ3v) is 7.51. The lowest BCUT2D eigenvalue weighted by atomic mass is 9.96. The molecule has 1 aromatic carbocycles. The Hall–Kier alpha value is -5.14. The minimum absolute atomic E-state index is 0.0613. The van der Waals surface area contributed by atoms with Crippen LogP contribution in [-0.2, 0) is 10.2 Å². The van der Waals surface area contributed by atoms with E-state index in [2.05, 4.69) is 45.6 Å². The molecule has 4 heterocycles. The minimum Gasteiger partial charge on any atom is -0.444 e. The summed E-state index contributed by atoms with van der Waals surface area (Å²) in [6.45, 7) is 17.8. The van der Waals surface area contributed by atoms with Crippen molar-refractivity contribution in [2.24, 2.45) is 0 Å². The van der Waals surface area contributed by atoms with Gasteiger partial charge < -0.3 is 29.7 Å². The van der Waals surface area contributed by atoms with Crippen LogP contribution in [-0.4, -0.2) is 78.8 Å². The van der Waals surface area contributed by atoms with Crippen molar-refractivity contribution < 1.29 is 18.8 Å². The number of rotatable bonds is 7. The van der Waals surface area contributed by atoms with E-state index in [9.17, 15) is 9.59 Å². The van der Waals surface area contributed by atoms with Gasteiger partial charge in [-0.05, 0) is 51.8 Å². The highest BCUT2D eigenvalue weighted by Gasteiger charge is 2.27. The Morgan fingerprint density at radius 3 is 2.28 bits per heavy atom. The number of carbonyl (C=O) groups is 2. The zero-order valence-corrected chi connectivity index (χ0v) is 28.2. The Kier molecular flexibility index (Phi) is 9.40. The van der Waals surface area contributed by atoms with Crippen LogP contribution in [0.2, 0.25) is 0 Å². The van der Waals surface area contributed by atoms with Crippen molar-refractivity contribution in [1.82, 2.24) is 40.3 Å². The van der Waals surface area contributed by atoms with Crippen LogP contribution in [0.25, 0.3) is 11.3 Å². The molecule has 0 radical (unpaired) electrons. The number of amides is 2. The molecule has 2 N–H and O–H groups in total. The molecule has 0 bridgehead atoms. The lowest BCUT2D eigenvalue weighted by molar-refractivity contribution is 0.0240. The van der Waals surface area contributed by atoms with Crippen LogP contribution in [0, 0.1) is 6.92 Å². The van der Waals surface area contributed by atoms with E-state index in [0.717, 1.165) is 22.4 Å². The summed E-state index contributed by atoms with van der Waals surface area (Å²) in [4.78, 5) is 51.0. The fraction of sp³-hybridized carbons (Fsp3) is 0.455. The minimum atomic E-state index is -0.521. The van der Waals surface area contributed by atoms with Crippen LogP contribution in [0.1, 0.15) is 82.1 Å². The smallest absolute Gasteiger partial charge is 0.410 e. The maximum Gasteiger partial charge on any atom is 0.410 e. The lowest BCUT2D eigenvalue weighted by Crippen LogP contribution is -2.50. The molecule has 14 nitrogen and oxygen atoms in total. The fourth-order valence-corrected chi connectivity index (χ4v) is 5.00. The average Bonchev–Trinajstić information content (AvgIpc) is 3.53. The molecule has 14 heteroatoms. The van der Waals surface area contributed by atoms with E-state index in [4.69, 9.17) is 9.26 Å². The first-order valence-corrected chi connectivity index (χ1v) is 15.6. The highest BCUT2D eigenvalue weighted by molar-refractivity contribution is 5.89. The molecule has 0 unspecified atom stereocenters. The number of anilines is 3. The van der Waals surface area contributed by atoms with Gasteiger partial charge in [-0.15, -0.1) is 0 Å². The second kappa shape index (κ2) is 13.3. The molecule has 248 valence electrons. The molecule has 0 aliphatic carbocycles. The number of nitrogens with one attached hydrogen (secondary N) is 2. The Labute approximate surface area is 274 Å². The molecule has 47 heavy (non-hydrogen) atoms. The van der Waals surface area contributed by atoms with Gasteiger partial charge in [0.1, 0.15) is 17.7 Å². The van der Waals surface area contributed by atoms with Gasteiger partial charge in [0.15, 0.2) is 5.82 Å². The summed E-state index contributed by atoms with van der Waals surface area (Å²) < 4.78 is 10.7. The van der Waals surface area contributed by atoms with Gasteiger partial charge in [-0.1, -0.05) is 38.1 Å². The summed E-state index contributed by atoms with van der Waals surface area (Å²) in [5.41, 5.74) is 3.57. The highest BCUT2D eigenvalue weighted by atomic mass is 16.6. The third-order valence-electron chi connectivity index (χ3n) is 7.51. The van der Waals surface area contributed by atoms with E-state index in [1.807, 2.05) is 79.7 Å². The molecule has 0 saturated carbocycles. The van der Waals surface area contributed by atoms with Crippen molar-refractivity contribution in [1.29, 1.82) is 0 Å². The molecular formula is C33H42N10O4. The fourth-order valence-electron chi connectivity index (χ4n) is 5.00. The molecule has 1 atom stereocenters. The molecule has 3 aromatic heterocycles. The standard InChI is InChI=1S/C33H42N10O4/c1-20-15-22(9-10-24(20)21(2)38-27(44)28-40-29(41-47-28)32(3,4)5)25-16-26(37-19-36-25)39-30-34-17-23(18-35-30)42-11-13-43(14-12-42)31(45)46-33(6,7)8/h9-10,15-19,21H,11-14H2,1-8H3,(H,38,44)(H,34,35,36,37,39)/t21-/m1/s1. The Morgan fingerprint density at radius 1 is 0.957 bits per heavy atom. The number of hydrogen-bond acceptors (Lipinski definition) is 12. The first-order valence-electron chi connectivity index (χ1n) is 15.6. The normalized spacial score (nSPS) is 14.5. The summed E-state index contributed by atoms with van der Waals surface area (Å²) in [5.74, 6) is 0.938. The van der Waals surface area contributed by atoms with Gasteiger partial charge in [0.25, 0.3) is 0 Å². The average molecular weight is 643 g/mol. The molecule has 2 amide bonds. The number of aromatic nitrogens is 6. The third kappa shape index (κ3) is 8.37. The van der Waals surface area contributed by atoms with E-state index in [-0.39, 0.29) is 23.4 Å². The second-order valence-corrected chi connectivity index (χ2v) is 13.6. The second-order valence-electron chi connectivity index (χ2n) is 13.6. The Balaban J connectivity index is 1.18. The van der Waals surface area contributed by atoms with Crippen molar-refractivity contribution in [3.63, 3.8) is 0 Å². The van der Waals surface area contributed by atoms with Gasteiger partial charge in [-0.3, -0.25) is 4.79 Å². The maximum atomic E-state index is 12.8. The number of carbonyl (C=O) groups excluding carboxylic acids is 2. The molecule has 1 fully saturated rings. The first kappa shape index (κ1) is 33.2. The van der Waals surface area contributed by atoms with Crippen molar-refractivity contribution in [3.8, 4) is 11.3 Å². The number of hydrogen-bond donors (Lipinski definition) is 2. The zero-order valence-electron chi connectivity index (χ0n) is 28.2. The molecule has 1 aliphatic rings. The Bertz CT molecular complexity index is 1720. The molecule has 5 rings (SSSR count). The molecule has 0 spiro atoms. The van der Waals surface area contributed by atoms with Crippen LogP contribution >= 0.6 is 0 Å². The van der Waals surface area contributed by atoms with Crippen molar-refractivity contribution in [2.75, 3.05) is 36.4 Å². The van der Waals surface area contributed by atoms with E-state index in [1.54, 1.807) is 17.3 Å². The predicted octanol–water partition coefficient (Wildman–Crippen LogP) is 5.21.